The van der Waals surface area contributed by atoms with E-state index >= 15 is 0 Å². The molecule has 2 fully saturated rings. The molecule has 0 spiro atoms. The fraction of sp³-hybridized carbons (Fsp3) is 0.864. The van der Waals surface area contributed by atoms with E-state index in [1.165, 1.54) is 0 Å². The Balaban J connectivity index is 1.47. The van der Waals surface area contributed by atoms with Gasteiger partial charge < -0.3 is 15.1 Å². The summed E-state index contributed by atoms with van der Waals surface area (Å²) in [4.78, 5) is 24.0. The van der Waals surface area contributed by atoms with Crippen LogP contribution < -0.4 is 5.32 Å². The molecule has 33 heavy (non-hydrogen) atoms. The van der Waals surface area contributed by atoms with Gasteiger partial charge in [-0.25, -0.2) is 13.8 Å². The van der Waals surface area contributed by atoms with Crippen LogP contribution in [0.2, 0.25) is 0 Å². The average molecular weight is 478 g/mol. The summed E-state index contributed by atoms with van der Waals surface area (Å²) in [5, 5.41) is 3.11. The van der Waals surface area contributed by atoms with Crippen LogP contribution in [0.25, 0.3) is 0 Å². The van der Waals surface area contributed by atoms with Crippen molar-refractivity contribution >= 4 is 17.6 Å². The molecule has 6 nitrogen and oxygen atoms in total. The number of alkyl halides is 5. The Morgan fingerprint density at radius 2 is 1.82 bits per heavy atom. The molecule has 186 valence electrons. The van der Waals surface area contributed by atoms with Crippen LogP contribution in [0.15, 0.2) is 9.98 Å². The molecule has 0 aromatic carbocycles. The Labute approximate surface area is 190 Å². The molecular weight excluding hydrogens is 445 g/mol. The molecule has 1 amide bonds. The fourth-order valence-electron chi connectivity index (χ4n) is 5.52. The Hall–Kier alpha value is -1.94. The van der Waals surface area contributed by atoms with E-state index in [0.717, 1.165) is 12.8 Å². The molecule has 3 atom stereocenters. The van der Waals surface area contributed by atoms with E-state index in [9.17, 15) is 26.7 Å². The topological polar surface area (TPSA) is 60.3 Å². The van der Waals surface area contributed by atoms with Crippen LogP contribution in [0.4, 0.5) is 22.0 Å². The Bertz CT molecular complexity index is 791. The van der Waals surface area contributed by atoms with E-state index in [2.05, 4.69) is 15.3 Å². The standard InChI is InChI=1S/C22H32F5N5O/c1-14(33)31-7-3-15(4-8-31)16-10-19(29-18-12-17(2-6-28-18)22(25,26)27)30-20(11-16)32-9-5-21(23,24)13-32/h15-17,19H,2-13H2,1H3,(H,28,29). The molecule has 0 aromatic rings. The predicted molar refractivity (Wildman–Crippen MR) is 114 cm³/mol. The Morgan fingerprint density at radius 3 is 2.42 bits per heavy atom. The summed E-state index contributed by atoms with van der Waals surface area (Å²) in [6, 6.07) is 0. The van der Waals surface area contributed by atoms with E-state index in [1.807, 2.05) is 4.90 Å². The minimum atomic E-state index is -4.27. The van der Waals surface area contributed by atoms with Crippen molar-refractivity contribution in [1.82, 2.24) is 15.1 Å². The van der Waals surface area contributed by atoms with Gasteiger partial charge in [0.2, 0.25) is 5.91 Å². The number of halogens is 5. The van der Waals surface area contributed by atoms with Crippen molar-refractivity contribution in [2.75, 3.05) is 32.7 Å². The maximum atomic E-state index is 13.9. The van der Waals surface area contributed by atoms with Crippen LogP contribution in [0.5, 0.6) is 0 Å². The van der Waals surface area contributed by atoms with Gasteiger partial charge in [0, 0.05) is 52.4 Å². The first-order valence-corrected chi connectivity index (χ1v) is 11.8. The smallest absolute Gasteiger partial charge is 0.354 e. The van der Waals surface area contributed by atoms with Crippen molar-refractivity contribution in [2.24, 2.45) is 27.7 Å². The number of carbonyl (C=O) groups excluding carboxylic acids is 1. The van der Waals surface area contributed by atoms with Crippen molar-refractivity contribution < 1.29 is 26.7 Å². The van der Waals surface area contributed by atoms with Gasteiger partial charge in [0.05, 0.1) is 18.3 Å². The van der Waals surface area contributed by atoms with Crippen LogP contribution >= 0.6 is 0 Å². The van der Waals surface area contributed by atoms with Crippen LogP contribution in [0, 0.1) is 17.8 Å². The van der Waals surface area contributed by atoms with Gasteiger partial charge in [-0.1, -0.05) is 0 Å². The SMILES string of the molecule is CC(=O)N1CCC(C2CC(N3CCC(F)(F)C3)=NC(NC3=NCCC(C(F)(F)F)C3)C2)CC1. The van der Waals surface area contributed by atoms with Gasteiger partial charge in [-0.3, -0.25) is 9.79 Å². The number of rotatable bonds is 2. The highest BCUT2D eigenvalue weighted by Gasteiger charge is 2.43. The lowest BCUT2D eigenvalue weighted by Gasteiger charge is -2.40. The first-order valence-electron chi connectivity index (χ1n) is 11.8. The minimum absolute atomic E-state index is 0.0198. The molecule has 4 aliphatic rings. The third kappa shape index (κ3) is 5.95. The summed E-state index contributed by atoms with van der Waals surface area (Å²) in [6.45, 7) is 2.86. The van der Waals surface area contributed by atoms with E-state index in [1.54, 1.807) is 11.8 Å². The number of hydrogen-bond donors (Lipinski definition) is 1. The number of nitrogens with zero attached hydrogens (tertiary/aromatic N) is 4. The quantitative estimate of drug-likeness (QED) is 0.618. The lowest BCUT2D eigenvalue weighted by atomic mass is 9.78. The fourth-order valence-corrected chi connectivity index (χ4v) is 5.52. The molecule has 1 N–H and O–H groups in total. The molecule has 0 aliphatic carbocycles. The van der Waals surface area contributed by atoms with Crippen LogP contribution in [0.3, 0.4) is 0 Å². The Kier molecular flexibility index (Phi) is 6.87. The second-order valence-corrected chi connectivity index (χ2v) is 9.84. The van der Waals surface area contributed by atoms with Gasteiger partial charge in [-0.05, 0) is 37.5 Å². The molecule has 4 heterocycles. The number of amidine groups is 2. The molecule has 3 unspecified atom stereocenters. The average Bonchev–Trinajstić information content (AvgIpc) is 3.13. The zero-order valence-corrected chi connectivity index (χ0v) is 18.9. The third-order valence-corrected chi connectivity index (χ3v) is 7.48. The highest BCUT2D eigenvalue weighted by molar-refractivity contribution is 5.86. The number of nitrogens with one attached hydrogen (secondary N) is 1. The molecular formula is C22H32F5N5O. The summed E-state index contributed by atoms with van der Waals surface area (Å²) in [5.74, 6) is -2.73. The largest absolute Gasteiger partial charge is 0.392 e. The minimum Gasteiger partial charge on any atom is -0.354 e. The van der Waals surface area contributed by atoms with E-state index in [4.69, 9.17) is 0 Å². The zero-order valence-electron chi connectivity index (χ0n) is 18.9. The summed E-state index contributed by atoms with van der Waals surface area (Å²) in [5.41, 5.74) is 0. The van der Waals surface area contributed by atoms with Crippen molar-refractivity contribution in [3.8, 4) is 0 Å². The van der Waals surface area contributed by atoms with Gasteiger partial charge in [0.15, 0.2) is 0 Å². The molecule has 0 bridgehead atoms. The molecule has 0 aromatic heterocycles. The monoisotopic (exact) mass is 477 g/mol. The summed E-state index contributed by atoms with van der Waals surface area (Å²) in [6.07, 6.45) is -2.32. The van der Waals surface area contributed by atoms with Crippen molar-refractivity contribution in [2.45, 2.75) is 70.1 Å². The van der Waals surface area contributed by atoms with Gasteiger partial charge in [-0.15, -0.1) is 0 Å². The first kappa shape index (κ1) is 24.2. The molecule has 0 radical (unpaired) electrons. The molecule has 4 aliphatic heterocycles. The van der Waals surface area contributed by atoms with Crippen molar-refractivity contribution in [3.63, 3.8) is 0 Å². The number of piperidine rings is 1. The lowest BCUT2D eigenvalue weighted by Crippen LogP contribution is -2.47. The normalized spacial score (nSPS) is 31.3. The highest BCUT2D eigenvalue weighted by atomic mass is 19.4. The van der Waals surface area contributed by atoms with Crippen molar-refractivity contribution in [1.29, 1.82) is 0 Å². The zero-order chi connectivity index (χ0) is 23.8. The first-order chi connectivity index (χ1) is 15.5. The van der Waals surface area contributed by atoms with Crippen molar-refractivity contribution in [3.05, 3.63) is 0 Å². The molecule has 0 saturated carbocycles. The van der Waals surface area contributed by atoms with Gasteiger partial charge in [-0.2, -0.15) is 13.2 Å². The number of hydrogen-bond acceptors (Lipinski definition) is 5. The number of amides is 1. The second-order valence-electron chi connectivity index (χ2n) is 9.84. The van der Waals surface area contributed by atoms with Gasteiger partial charge in [0.1, 0.15) is 12.0 Å². The van der Waals surface area contributed by atoms with E-state index < -0.39 is 24.2 Å². The van der Waals surface area contributed by atoms with E-state index in [-0.39, 0.29) is 50.7 Å². The lowest BCUT2D eigenvalue weighted by molar-refractivity contribution is -0.174. The number of likely N-dealkylation sites (tertiary alicyclic amines) is 2. The van der Waals surface area contributed by atoms with Crippen LogP contribution in [-0.2, 0) is 4.79 Å². The Morgan fingerprint density at radius 1 is 1.09 bits per heavy atom. The predicted octanol–water partition coefficient (Wildman–Crippen LogP) is 3.68. The summed E-state index contributed by atoms with van der Waals surface area (Å²) in [7, 11) is 0. The summed E-state index contributed by atoms with van der Waals surface area (Å²) >= 11 is 0. The van der Waals surface area contributed by atoms with E-state index in [0.29, 0.717) is 43.5 Å². The molecule has 11 heteroatoms. The number of aliphatic imine (C=N–C) groups is 2. The van der Waals surface area contributed by atoms with Crippen LogP contribution in [-0.4, -0.2) is 78.4 Å². The maximum absolute atomic E-state index is 13.9. The van der Waals surface area contributed by atoms with Crippen LogP contribution in [0.1, 0.15) is 51.9 Å². The number of carbonyl (C=O) groups is 1. The third-order valence-electron chi connectivity index (χ3n) is 7.48. The molecule has 2 saturated heterocycles. The maximum Gasteiger partial charge on any atom is 0.392 e. The van der Waals surface area contributed by atoms with Gasteiger partial charge in [0.25, 0.3) is 5.92 Å². The summed E-state index contributed by atoms with van der Waals surface area (Å²) < 4.78 is 67.4. The highest BCUT2D eigenvalue weighted by Crippen LogP contribution is 2.37. The second kappa shape index (κ2) is 9.37. The van der Waals surface area contributed by atoms with Gasteiger partial charge >= 0.3 is 6.18 Å². The molecule has 4 rings (SSSR count).